The van der Waals surface area contributed by atoms with E-state index in [0.717, 1.165) is 18.4 Å². The Bertz CT molecular complexity index is 1660. The molecule has 2 N–H and O–H groups in total. The predicted molar refractivity (Wildman–Crippen MR) is 161 cm³/mol. The maximum Gasteiger partial charge on any atom is 0.410 e. The lowest BCUT2D eigenvalue weighted by molar-refractivity contribution is -0.116. The van der Waals surface area contributed by atoms with Crippen LogP contribution < -0.4 is 19.5 Å². The average molecular weight is 605 g/mol. The first kappa shape index (κ1) is 30.5. The number of anilines is 1. The van der Waals surface area contributed by atoms with Gasteiger partial charge in [0.1, 0.15) is 18.5 Å². The molecule has 232 valence electrons. The van der Waals surface area contributed by atoms with E-state index < -0.39 is 5.60 Å². The lowest BCUT2D eigenvalue weighted by Crippen LogP contribution is -2.37. The second-order valence-corrected chi connectivity index (χ2v) is 11.5. The van der Waals surface area contributed by atoms with E-state index in [9.17, 15) is 14.7 Å². The van der Waals surface area contributed by atoms with Crippen molar-refractivity contribution in [1.82, 2.24) is 24.6 Å². The molecule has 0 saturated heterocycles. The molecular weight excluding hydrogens is 568 g/mol. The fourth-order valence-corrected chi connectivity index (χ4v) is 4.65. The summed E-state index contributed by atoms with van der Waals surface area (Å²) in [5.74, 6) is 1.37. The van der Waals surface area contributed by atoms with Gasteiger partial charge >= 0.3 is 6.09 Å². The molecule has 2 heterocycles. The largest absolute Gasteiger partial charge is 0.493 e. The number of aliphatic hydroxyl groups excluding tert-OH is 1. The summed E-state index contributed by atoms with van der Waals surface area (Å²) in [6.45, 7) is 5.48. The number of carbonyl (C=O) groups excluding carboxylic acids is 2. The minimum Gasteiger partial charge on any atom is -0.493 e. The molecule has 0 aliphatic heterocycles. The molecule has 1 aliphatic rings. The van der Waals surface area contributed by atoms with Crippen molar-refractivity contribution >= 4 is 28.6 Å². The van der Waals surface area contributed by atoms with Crippen molar-refractivity contribution in [2.75, 3.05) is 19.5 Å². The highest BCUT2D eigenvalue weighted by molar-refractivity contribution is 5.91. The minimum atomic E-state index is -0.613. The zero-order valence-corrected chi connectivity index (χ0v) is 25.4. The van der Waals surface area contributed by atoms with Crippen LogP contribution in [0.15, 0.2) is 49.1 Å². The van der Waals surface area contributed by atoms with Gasteiger partial charge in [-0.05, 0) is 62.9 Å². The summed E-state index contributed by atoms with van der Waals surface area (Å²) in [6, 6.07) is 8.87. The number of methoxy groups -OCH3 is 2. The van der Waals surface area contributed by atoms with Crippen LogP contribution in [-0.4, -0.2) is 67.6 Å². The van der Waals surface area contributed by atoms with E-state index in [-0.39, 0.29) is 31.2 Å². The highest BCUT2D eigenvalue weighted by Crippen LogP contribution is 2.36. The number of rotatable bonds is 11. The van der Waals surface area contributed by atoms with E-state index in [4.69, 9.17) is 18.9 Å². The summed E-state index contributed by atoms with van der Waals surface area (Å²) in [4.78, 5) is 36.0. The molecule has 13 heteroatoms. The lowest BCUT2D eigenvalue weighted by Gasteiger charge is -2.27. The Kier molecular flexibility index (Phi) is 8.86. The standard InChI is InChI=1S/C31H36N6O7/c1-31(2,3)44-30(40)37(22-6-7-22)14-19-8-20(17-38)10-21(9-19)35-28(39)16-36-15-23(13-34-36)43-29-24-11-26(41-4)27(42-5)12-25(24)32-18-33-29/h8-13,15,18,22,38H,6-7,14,16-17H2,1-5H3,(H,35,39). The van der Waals surface area contributed by atoms with Gasteiger partial charge in [-0.25, -0.2) is 14.8 Å². The molecule has 1 aliphatic carbocycles. The summed E-state index contributed by atoms with van der Waals surface area (Å²) in [5.41, 5.74) is 1.87. The minimum absolute atomic E-state index is 0.0936. The number of benzene rings is 2. The first-order valence-corrected chi connectivity index (χ1v) is 14.2. The third kappa shape index (κ3) is 7.53. The third-order valence-corrected chi connectivity index (χ3v) is 6.72. The third-order valence-electron chi connectivity index (χ3n) is 6.72. The van der Waals surface area contributed by atoms with Crippen LogP contribution in [0.1, 0.15) is 44.7 Å². The zero-order valence-electron chi connectivity index (χ0n) is 25.4. The highest BCUT2D eigenvalue weighted by atomic mass is 16.6. The van der Waals surface area contributed by atoms with E-state index in [1.807, 2.05) is 26.8 Å². The molecule has 4 aromatic rings. The Hall–Kier alpha value is -4.91. The van der Waals surface area contributed by atoms with Crippen molar-refractivity contribution in [3.8, 4) is 23.1 Å². The van der Waals surface area contributed by atoms with E-state index in [0.29, 0.717) is 51.8 Å². The van der Waals surface area contributed by atoms with Gasteiger partial charge in [0.05, 0.1) is 44.1 Å². The van der Waals surface area contributed by atoms with Crippen molar-refractivity contribution in [1.29, 1.82) is 0 Å². The molecule has 0 spiro atoms. The van der Waals surface area contributed by atoms with Crippen molar-refractivity contribution < 1.29 is 33.6 Å². The first-order valence-electron chi connectivity index (χ1n) is 14.2. The number of carbonyl (C=O) groups is 2. The summed E-state index contributed by atoms with van der Waals surface area (Å²) in [7, 11) is 3.08. The first-order chi connectivity index (χ1) is 21.0. The molecule has 1 fully saturated rings. The maximum atomic E-state index is 13.0. The fraction of sp³-hybridized carbons (Fsp3) is 0.387. The maximum absolute atomic E-state index is 13.0. The number of amides is 2. The summed E-state index contributed by atoms with van der Waals surface area (Å²) >= 11 is 0. The quantitative estimate of drug-likeness (QED) is 0.247. The van der Waals surface area contributed by atoms with E-state index in [2.05, 4.69) is 20.4 Å². The molecule has 0 bridgehead atoms. The van der Waals surface area contributed by atoms with Gasteiger partial charge in [0.2, 0.25) is 11.8 Å². The number of hydrogen-bond acceptors (Lipinski definition) is 10. The fourth-order valence-electron chi connectivity index (χ4n) is 4.65. The number of aliphatic hydroxyl groups is 1. The molecule has 0 atom stereocenters. The van der Waals surface area contributed by atoms with Gasteiger partial charge in [-0.1, -0.05) is 6.07 Å². The number of aromatic nitrogens is 4. The van der Waals surface area contributed by atoms with E-state index in [1.54, 1.807) is 42.5 Å². The van der Waals surface area contributed by atoms with Crippen LogP contribution in [0.4, 0.5) is 10.5 Å². The molecule has 44 heavy (non-hydrogen) atoms. The molecule has 2 aromatic carbocycles. The van der Waals surface area contributed by atoms with Crippen LogP contribution in [0.3, 0.4) is 0 Å². The van der Waals surface area contributed by atoms with Gasteiger partial charge in [0.25, 0.3) is 0 Å². The number of nitrogens with zero attached hydrogens (tertiary/aromatic N) is 5. The smallest absolute Gasteiger partial charge is 0.410 e. The van der Waals surface area contributed by atoms with Crippen molar-refractivity contribution in [2.45, 2.75) is 65.0 Å². The second kappa shape index (κ2) is 12.8. The van der Waals surface area contributed by atoms with Crippen LogP contribution in [-0.2, 0) is 29.2 Å². The Morgan fingerprint density at radius 2 is 1.77 bits per heavy atom. The number of fused-ring (bicyclic) bond motifs is 1. The van der Waals surface area contributed by atoms with Gasteiger partial charge in [-0.2, -0.15) is 5.10 Å². The molecule has 0 radical (unpaired) electrons. The molecule has 13 nitrogen and oxygen atoms in total. The van der Waals surface area contributed by atoms with Crippen LogP contribution in [0.5, 0.6) is 23.1 Å². The Labute approximate surface area is 254 Å². The summed E-state index contributed by atoms with van der Waals surface area (Å²) in [6.07, 6.45) is 5.88. The van der Waals surface area contributed by atoms with Crippen molar-refractivity contribution in [2.24, 2.45) is 0 Å². The number of ether oxygens (including phenoxy) is 4. The molecule has 2 amide bonds. The average Bonchev–Trinajstić information content (AvgIpc) is 3.73. The zero-order chi connectivity index (χ0) is 31.4. The SMILES string of the molecule is COc1cc2ncnc(Oc3cnn(CC(=O)Nc4cc(CO)cc(CN(C(=O)OC(C)(C)C)C5CC5)c4)c3)c2cc1OC. The van der Waals surface area contributed by atoms with Crippen molar-refractivity contribution in [3.63, 3.8) is 0 Å². The van der Waals surface area contributed by atoms with Gasteiger partial charge in [-0.3, -0.25) is 9.48 Å². The van der Waals surface area contributed by atoms with Crippen LogP contribution in [0.25, 0.3) is 10.9 Å². The highest BCUT2D eigenvalue weighted by Gasteiger charge is 2.35. The summed E-state index contributed by atoms with van der Waals surface area (Å²) < 4.78 is 23.7. The monoisotopic (exact) mass is 604 g/mol. The van der Waals surface area contributed by atoms with Crippen LogP contribution >= 0.6 is 0 Å². The van der Waals surface area contributed by atoms with Gasteiger partial charge in [0, 0.05) is 24.3 Å². The Morgan fingerprint density at radius 3 is 2.45 bits per heavy atom. The molecule has 2 aromatic heterocycles. The normalized spacial score (nSPS) is 13.0. The molecular formula is C31H36N6O7. The van der Waals surface area contributed by atoms with Gasteiger partial charge in [-0.15, -0.1) is 0 Å². The Morgan fingerprint density at radius 1 is 1.05 bits per heavy atom. The topological polar surface area (TPSA) is 150 Å². The predicted octanol–water partition coefficient (Wildman–Crippen LogP) is 4.67. The number of nitrogens with one attached hydrogen (secondary N) is 1. The number of hydrogen-bond donors (Lipinski definition) is 2. The van der Waals surface area contributed by atoms with Gasteiger partial charge < -0.3 is 34.3 Å². The molecule has 1 saturated carbocycles. The second-order valence-electron chi connectivity index (χ2n) is 11.5. The van der Waals surface area contributed by atoms with E-state index >= 15 is 0 Å². The Balaban J connectivity index is 1.26. The van der Waals surface area contributed by atoms with Crippen LogP contribution in [0.2, 0.25) is 0 Å². The van der Waals surface area contributed by atoms with Crippen LogP contribution in [0, 0.1) is 0 Å². The molecule has 0 unspecified atom stereocenters. The van der Waals surface area contributed by atoms with E-state index in [1.165, 1.54) is 24.3 Å². The van der Waals surface area contributed by atoms with Gasteiger partial charge in [0.15, 0.2) is 17.2 Å². The van der Waals surface area contributed by atoms with Crippen molar-refractivity contribution in [3.05, 3.63) is 60.2 Å². The lowest BCUT2D eigenvalue weighted by atomic mass is 10.1. The molecule has 5 rings (SSSR count). The summed E-state index contributed by atoms with van der Waals surface area (Å²) in [5, 5.41) is 17.6.